The van der Waals surface area contributed by atoms with Crippen LogP contribution in [-0.4, -0.2) is 48.4 Å². The topological polar surface area (TPSA) is 108 Å². The first-order valence-corrected chi connectivity index (χ1v) is 13.4. The van der Waals surface area contributed by atoms with Gasteiger partial charge < -0.3 is 24.1 Å². The summed E-state index contributed by atoms with van der Waals surface area (Å²) in [7, 11) is 1.25. The number of hydrogen-bond donors (Lipinski definition) is 1. The number of aliphatic hydroxyl groups is 1. The third-order valence-corrected chi connectivity index (χ3v) is 7.52. The maximum absolute atomic E-state index is 13.5. The summed E-state index contributed by atoms with van der Waals surface area (Å²) in [6, 6.07) is 7.53. The van der Waals surface area contributed by atoms with E-state index in [9.17, 15) is 19.5 Å². The molecule has 1 aromatic carbocycles. The van der Waals surface area contributed by atoms with Gasteiger partial charge in [0.15, 0.2) is 0 Å². The smallest absolute Gasteiger partial charge is 0.316 e. The van der Waals surface area contributed by atoms with E-state index in [0.29, 0.717) is 18.6 Å². The van der Waals surface area contributed by atoms with Gasteiger partial charge in [0.2, 0.25) is 0 Å². The highest BCUT2D eigenvalue weighted by molar-refractivity contribution is 5.78. The molecule has 0 aliphatic carbocycles. The normalized spacial score (nSPS) is 24.8. The molecule has 3 rings (SSSR count). The number of fused-ring (bicyclic) bond motifs is 1. The van der Waals surface area contributed by atoms with Crippen LogP contribution in [0.3, 0.4) is 0 Å². The lowest BCUT2D eigenvalue weighted by Crippen LogP contribution is -2.45. The first kappa shape index (κ1) is 29.4. The molecule has 0 radical (unpaired) electrons. The second-order valence-electron chi connectivity index (χ2n) is 10.5. The fourth-order valence-electron chi connectivity index (χ4n) is 5.42. The Morgan fingerprint density at radius 3 is 2.66 bits per heavy atom. The fraction of sp³-hybridized carbons (Fsp3) is 0.567. The van der Waals surface area contributed by atoms with Crippen LogP contribution in [0.5, 0.6) is 5.75 Å². The largest absolute Gasteiger partial charge is 0.495 e. The summed E-state index contributed by atoms with van der Waals surface area (Å²) in [6.07, 6.45) is 4.23. The Hall–Kier alpha value is -3.13. The van der Waals surface area contributed by atoms with E-state index >= 15 is 0 Å². The number of hydrogen-bond acceptors (Lipinski definition) is 8. The van der Waals surface area contributed by atoms with Gasteiger partial charge in [0.05, 0.1) is 25.7 Å². The van der Waals surface area contributed by atoms with Gasteiger partial charge >= 0.3 is 17.9 Å². The van der Waals surface area contributed by atoms with Gasteiger partial charge in [0.25, 0.3) is 0 Å². The zero-order chi connectivity index (χ0) is 27.8. The van der Waals surface area contributed by atoms with Crippen molar-refractivity contribution < 1.29 is 38.4 Å². The zero-order valence-corrected chi connectivity index (χ0v) is 22.7. The molecule has 38 heavy (non-hydrogen) atoms. The van der Waals surface area contributed by atoms with E-state index < -0.39 is 36.2 Å². The van der Waals surface area contributed by atoms with Crippen molar-refractivity contribution in [1.82, 2.24) is 0 Å². The van der Waals surface area contributed by atoms with Gasteiger partial charge in [-0.2, -0.15) is 0 Å². The van der Waals surface area contributed by atoms with Gasteiger partial charge in [-0.3, -0.25) is 14.4 Å². The van der Waals surface area contributed by atoms with Crippen molar-refractivity contribution in [3.05, 3.63) is 54.8 Å². The highest BCUT2D eigenvalue weighted by Crippen LogP contribution is 2.37. The van der Waals surface area contributed by atoms with Crippen LogP contribution in [0.25, 0.3) is 0 Å². The van der Waals surface area contributed by atoms with Gasteiger partial charge in [-0.25, -0.2) is 0 Å². The number of ether oxygens (including phenoxy) is 4. The van der Waals surface area contributed by atoms with E-state index in [1.54, 1.807) is 12.1 Å². The lowest BCUT2D eigenvalue weighted by atomic mass is 9.76. The van der Waals surface area contributed by atoms with Gasteiger partial charge in [-0.15, -0.1) is 6.58 Å². The van der Waals surface area contributed by atoms with Crippen molar-refractivity contribution >= 4 is 17.9 Å². The average molecular weight is 529 g/mol. The summed E-state index contributed by atoms with van der Waals surface area (Å²) in [6.45, 7) is 10.1. The van der Waals surface area contributed by atoms with Crippen LogP contribution in [0.4, 0.5) is 0 Å². The molecular weight excluding hydrogens is 488 g/mol. The van der Waals surface area contributed by atoms with Crippen LogP contribution in [0.15, 0.2) is 49.3 Å². The maximum atomic E-state index is 13.5. The Balaban J connectivity index is 1.83. The van der Waals surface area contributed by atoms with Crippen LogP contribution in [0, 0.1) is 29.6 Å². The van der Waals surface area contributed by atoms with Crippen LogP contribution < -0.4 is 4.74 Å². The lowest BCUT2D eigenvalue weighted by molar-refractivity contribution is -0.169. The highest BCUT2D eigenvalue weighted by atomic mass is 16.6. The molecule has 0 spiro atoms. The van der Waals surface area contributed by atoms with Crippen molar-refractivity contribution in [2.24, 2.45) is 29.6 Å². The Kier molecular flexibility index (Phi) is 10.5. The fourth-order valence-corrected chi connectivity index (χ4v) is 5.42. The summed E-state index contributed by atoms with van der Waals surface area (Å²) in [5, 5.41) is 10.8. The molecule has 0 saturated carbocycles. The van der Waals surface area contributed by atoms with Crippen molar-refractivity contribution in [2.45, 2.75) is 71.2 Å². The lowest BCUT2D eigenvalue weighted by Gasteiger charge is -2.37. The number of carbonyl (C=O) groups is 3. The molecule has 208 valence electrons. The van der Waals surface area contributed by atoms with E-state index in [1.165, 1.54) is 19.4 Å². The molecule has 0 fully saturated rings. The molecule has 0 aromatic heterocycles. The predicted molar refractivity (Wildman–Crippen MR) is 141 cm³/mol. The monoisotopic (exact) mass is 528 g/mol. The molecule has 8 heteroatoms. The number of esters is 3. The number of carbonyl (C=O) groups excluding carboxylic acids is 3. The van der Waals surface area contributed by atoms with E-state index in [2.05, 4.69) is 18.2 Å². The Morgan fingerprint density at radius 2 is 2.00 bits per heavy atom. The molecule has 1 aromatic rings. The molecule has 2 aliphatic heterocycles. The summed E-state index contributed by atoms with van der Waals surface area (Å²) < 4.78 is 21.8. The molecule has 0 amide bonds. The van der Waals surface area contributed by atoms with Crippen molar-refractivity contribution in [3.63, 3.8) is 0 Å². The van der Waals surface area contributed by atoms with Crippen molar-refractivity contribution in [1.29, 1.82) is 0 Å². The molecule has 7 unspecified atom stereocenters. The van der Waals surface area contributed by atoms with Gasteiger partial charge in [0.1, 0.15) is 30.0 Å². The van der Waals surface area contributed by atoms with Crippen LogP contribution in [-0.2, 0) is 35.0 Å². The van der Waals surface area contributed by atoms with Gasteiger partial charge in [-0.1, -0.05) is 51.5 Å². The minimum absolute atomic E-state index is 0.117. The quantitative estimate of drug-likeness (QED) is 0.242. The van der Waals surface area contributed by atoms with Crippen LogP contribution in [0.1, 0.15) is 52.0 Å². The molecule has 0 bridgehead atoms. The summed E-state index contributed by atoms with van der Waals surface area (Å²) in [5.74, 6) is -2.40. The predicted octanol–water partition coefficient (Wildman–Crippen LogP) is 4.39. The van der Waals surface area contributed by atoms with Gasteiger partial charge in [-0.05, 0) is 48.8 Å². The standard InChI is InChI=1S/C30H40O8/c1-6-10-20(16-21-15-19-11-8-9-12-24(19)37-29(21)33)28(22(7-2)18(3)4)38-30(34)23-13-14-36-25(27(23)32)17-26(31)35-5/h7-9,11-14,18,20-23,25,27-28,32H,2,6,10,15-17H2,1,3-5H3. The van der Waals surface area contributed by atoms with E-state index in [4.69, 9.17) is 14.2 Å². The number of para-hydroxylation sites is 1. The molecule has 7 atom stereocenters. The Bertz CT molecular complexity index is 1020. The Morgan fingerprint density at radius 1 is 1.26 bits per heavy atom. The summed E-state index contributed by atoms with van der Waals surface area (Å²) in [4.78, 5) is 38.1. The summed E-state index contributed by atoms with van der Waals surface area (Å²) >= 11 is 0. The van der Waals surface area contributed by atoms with Crippen LogP contribution in [0.2, 0.25) is 0 Å². The number of aliphatic hydroxyl groups excluding tert-OH is 1. The molecule has 2 aliphatic rings. The second-order valence-corrected chi connectivity index (χ2v) is 10.5. The first-order valence-electron chi connectivity index (χ1n) is 13.4. The third-order valence-electron chi connectivity index (χ3n) is 7.52. The third kappa shape index (κ3) is 7.04. The number of rotatable bonds is 12. The van der Waals surface area contributed by atoms with E-state index in [0.717, 1.165) is 18.4 Å². The molecule has 0 saturated heterocycles. The van der Waals surface area contributed by atoms with Crippen molar-refractivity contribution in [3.8, 4) is 5.75 Å². The number of benzene rings is 1. The molecular formula is C30H40O8. The summed E-state index contributed by atoms with van der Waals surface area (Å²) in [5.41, 5.74) is 0.983. The minimum Gasteiger partial charge on any atom is -0.495 e. The van der Waals surface area contributed by atoms with E-state index in [1.807, 2.05) is 32.0 Å². The molecule has 1 N–H and O–H groups in total. The Labute approximate surface area is 225 Å². The minimum atomic E-state index is -1.28. The van der Waals surface area contributed by atoms with E-state index in [-0.39, 0.29) is 36.1 Å². The van der Waals surface area contributed by atoms with Gasteiger partial charge in [0, 0.05) is 5.92 Å². The second kappa shape index (κ2) is 13.6. The zero-order valence-electron chi connectivity index (χ0n) is 22.7. The highest BCUT2D eigenvalue weighted by Gasteiger charge is 2.42. The van der Waals surface area contributed by atoms with Crippen LogP contribution >= 0.6 is 0 Å². The molecule has 8 nitrogen and oxygen atoms in total. The maximum Gasteiger partial charge on any atom is 0.316 e. The average Bonchev–Trinajstić information content (AvgIpc) is 2.89. The van der Waals surface area contributed by atoms with Crippen molar-refractivity contribution in [2.75, 3.05) is 7.11 Å². The molecule has 2 heterocycles. The first-order chi connectivity index (χ1) is 18.2. The SMILES string of the molecule is C=CC(C(C)C)C(OC(=O)C1C=COC(CC(=O)OC)C1O)C(CCC)CC1Cc2ccccc2OC1=O. The number of methoxy groups -OCH3 is 1.